The summed E-state index contributed by atoms with van der Waals surface area (Å²) in [6.45, 7) is 1.90. The van der Waals surface area contributed by atoms with E-state index in [4.69, 9.17) is 11.6 Å². The van der Waals surface area contributed by atoms with Gasteiger partial charge in [0.05, 0.1) is 23.1 Å². The summed E-state index contributed by atoms with van der Waals surface area (Å²) in [7, 11) is -3.29. The number of aliphatic hydroxyl groups is 1. The number of Topliss-reactive ketones (excluding diaryl/α,β-unsaturated/α-hetero) is 1. The van der Waals surface area contributed by atoms with E-state index in [1.807, 2.05) is 6.92 Å². The number of likely N-dealkylation sites (tertiary alicyclic amines) is 1. The molecule has 8 heteroatoms. The van der Waals surface area contributed by atoms with Crippen LogP contribution in [0.15, 0.2) is 54.1 Å². The molecule has 2 aromatic carbocycles. The van der Waals surface area contributed by atoms with Crippen LogP contribution in [0, 0.1) is 6.92 Å². The quantitative estimate of drug-likeness (QED) is 0.444. The molecule has 0 saturated carbocycles. The third-order valence-corrected chi connectivity index (χ3v) is 7.59. The maximum absolute atomic E-state index is 13.0. The van der Waals surface area contributed by atoms with E-state index in [1.54, 1.807) is 48.5 Å². The first kappa shape index (κ1) is 20.6. The number of hydrogen-bond donors (Lipinski definition) is 1. The Kier molecular flexibility index (Phi) is 5.20. The third kappa shape index (κ3) is 3.63. The van der Waals surface area contributed by atoms with Gasteiger partial charge in [0.2, 0.25) is 0 Å². The standard InChI is InChI=1S/C22H20ClNO5S/c1-13-2-4-15(5-3-13)20(25)18-19(14-6-8-16(23)9-7-14)24(22(27)21(18)26)17-10-11-30(28,29)12-17/h2-9,17,19,25H,10-12H2,1H3/t17-,19+/m0/s1. The number of amides is 1. The van der Waals surface area contributed by atoms with E-state index in [-0.39, 0.29) is 29.3 Å². The highest BCUT2D eigenvalue weighted by molar-refractivity contribution is 7.91. The minimum absolute atomic E-state index is 0.0357. The van der Waals surface area contributed by atoms with Crippen molar-refractivity contribution in [3.63, 3.8) is 0 Å². The van der Waals surface area contributed by atoms with Crippen LogP contribution in [0.4, 0.5) is 0 Å². The van der Waals surface area contributed by atoms with Crippen molar-refractivity contribution in [3.8, 4) is 0 Å². The van der Waals surface area contributed by atoms with Gasteiger partial charge in [0.1, 0.15) is 5.76 Å². The summed E-state index contributed by atoms with van der Waals surface area (Å²) in [4.78, 5) is 27.3. The molecule has 2 aliphatic heterocycles. The molecule has 0 bridgehead atoms. The SMILES string of the molecule is Cc1ccc(C(O)=C2C(=O)C(=O)N([C@H]3CCS(=O)(=O)C3)[C@@H]2c2ccc(Cl)cc2)cc1. The average Bonchev–Trinajstić information content (AvgIpc) is 3.19. The van der Waals surface area contributed by atoms with Crippen molar-refractivity contribution in [1.82, 2.24) is 4.90 Å². The number of carbonyl (C=O) groups is 2. The van der Waals surface area contributed by atoms with Crippen molar-refractivity contribution >= 4 is 38.9 Å². The highest BCUT2D eigenvalue weighted by atomic mass is 35.5. The van der Waals surface area contributed by atoms with Crippen molar-refractivity contribution in [3.05, 3.63) is 75.8 Å². The smallest absolute Gasteiger partial charge is 0.295 e. The van der Waals surface area contributed by atoms with Crippen LogP contribution in [-0.4, -0.2) is 47.7 Å². The van der Waals surface area contributed by atoms with Crippen LogP contribution in [0.1, 0.15) is 29.2 Å². The second-order valence-corrected chi connectivity index (χ2v) is 10.3. The molecule has 2 atom stereocenters. The predicted octanol–water partition coefficient (Wildman–Crippen LogP) is 3.26. The lowest BCUT2D eigenvalue weighted by Gasteiger charge is -2.30. The highest BCUT2D eigenvalue weighted by Gasteiger charge is 2.50. The van der Waals surface area contributed by atoms with E-state index in [1.165, 1.54) is 4.90 Å². The minimum atomic E-state index is -3.29. The molecule has 0 spiro atoms. The van der Waals surface area contributed by atoms with E-state index in [0.717, 1.165) is 5.56 Å². The monoisotopic (exact) mass is 445 g/mol. The van der Waals surface area contributed by atoms with Crippen LogP contribution in [0.5, 0.6) is 0 Å². The van der Waals surface area contributed by atoms with Crippen molar-refractivity contribution in [2.24, 2.45) is 0 Å². The maximum Gasteiger partial charge on any atom is 0.295 e. The van der Waals surface area contributed by atoms with Crippen LogP contribution in [0.25, 0.3) is 5.76 Å². The van der Waals surface area contributed by atoms with E-state index in [2.05, 4.69) is 0 Å². The number of sulfone groups is 1. The Morgan fingerprint density at radius 1 is 1.07 bits per heavy atom. The highest BCUT2D eigenvalue weighted by Crippen LogP contribution is 2.42. The summed E-state index contributed by atoms with van der Waals surface area (Å²) in [5.41, 5.74) is 1.93. The normalized spacial score (nSPS) is 25.1. The maximum atomic E-state index is 13.0. The molecule has 2 fully saturated rings. The molecule has 2 saturated heterocycles. The zero-order valence-corrected chi connectivity index (χ0v) is 17.8. The van der Waals surface area contributed by atoms with Gasteiger partial charge in [0.25, 0.3) is 11.7 Å². The molecule has 30 heavy (non-hydrogen) atoms. The Morgan fingerprint density at radius 3 is 2.27 bits per heavy atom. The predicted molar refractivity (Wildman–Crippen MR) is 114 cm³/mol. The van der Waals surface area contributed by atoms with Crippen molar-refractivity contribution < 1.29 is 23.1 Å². The molecule has 6 nitrogen and oxygen atoms in total. The number of nitrogens with zero attached hydrogens (tertiary/aromatic N) is 1. The van der Waals surface area contributed by atoms with Crippen LogP contribution >= 0.6 is 11.6 Å². The lowest BCUT2D eigenvalue weighted by atomic mass is 9.94. The fraction of sp³-hybridized carbons (Fsp3) is 0.273. The number of aliphatic hydroxyl groups excluding tert-OH is 1. The molecule has 1 amide bonds. The Balaban J connectivity index is 1.88. The fourth-order valence-corrected chi connectivity index (χ4v) is 5.90. The third-order valence-electron chi connectivity index (χ3n) is 5.59. The number of hydrogen-bond acceptors (Lipinski definition) is 5. The first-order chi connectivity index (χ1) is 14.2. The Bertz CT molecular complexity index is 1150. The summed E-state index contributed by atoms with van der Waals surface area (Å²) in [5.74, 6) is -2.14. The van der Waals surface area contributed by atoms with Gasteiger partial charge < -0.3 is 10.0 Å². The van der Waals surface area contributed by atoms with Crippen LogP contribution in [0.2, 0.25) is 5.02 Å². The molecular weight excluding hydrogens is 426 g/mol. The van der Waals surface area contributed by atoms with Crippen molar-refractivity contribution in [2.75, 3.05) is 11.5 Å². The van der Waals surface area contributed by atoms with Gasteiger partial charge in [-0.3, -0.25) is 9.59 Å². The van der Waals surface area contributed by atoms with Gasteiger partial charge in [0, 0.05) is 16.6 Å². The molecule has 2 aromatic rings. The summed E-state index contributed by atoms with van der Waals surface area (Å²) in [6, 6.07) is 12.1. The molecule has 0 radical (unpaired) electrons. The summed E-state index contributed by atoms with van der Waals surface area (Å²) >= 11 is 6.00. The first-order valence-corrected chi connectivity index (χ1v) is 11.7. The second kappa shape index (κ2) is 7.56. The molecule has 0 aromatic heterocycles. The molecule has 2 heterocycles. The fourth-order valence-electron chi connectivity index (χ4n) is 4.06. The van der Waals surface area contributed by atoms with Gasteiger partial charge in [-0.05, 0) is 31.0 Å². The molecule has 1 N–H and O–H groups in total. The molecule has 4 rings (SSSR count). The van der Waals surface area contributed by atoms with E-state index < -0.39 is 33.6 Å². The molecule has 0 aliphatic carbocycles. The van der Waals surface area contributed by atoms with E-state index >= 15 is 0 Å². The largest absolute Gasteiger partial charge is 0.507 e. The van der Waals surface area contributed by atoms with Crippen LogP contribution < -0.4 is 0 Å². The Morgan fingerprint density at radius 2 is 1.70 bits per heavy atom. The Hall–Kier alpha value is -2.64. The van der Waals surface area contributed by atoms with Gasteiger partial charge in [-0.25, -0.2) is 8.42 Å². The molecular formula is C22H20ClNO5S. The second-order valence-electron chi connectivity index (χ2n) is 7.68. The average molecular weight is 446 g/mol. The van der Waals surface area contributed by atoms with E-state index in [9.17, 15) is 23.1 Å². The van der Waals surface area contributed by atoms with Gasteiger partial charge in [-0.1, -0.05) is 53.6 Å². The summed E-state index contributed by atoms with van der Waals surface area (Å²) in [5, 5.41) is 11.5. The number of ketones is 1. The van der Waals surface area contributed by atoms with Gasteiger partial charge in [-0.2, -0.15) is 0 Å². The topological polar surface area (TPSA) is 91.8 Å². The summed E-state index contributed by atoms with van der Waals surface area (Å²) < 4.78 is 24.1. The van der Waals surface area contributed by atoms with Crippen molar-refractivity contribution in [1.29, 1.82) is 0 Å². The van der Waals surface area contributed by atoms with Gasteiger partial charge >= 0.3 is 0 Å². The van der Waals surface area contributed by atoms with E-state index in [0.29, 0.717) is 16.1 Å². The Labute approximate surface area is 179 Å². The minimum Gasteiger partial charge on any atom is -0.507 e. The van der Waals surface area contributed by atoms with Gasteiger partial charge in [0.15, 0.2) is 9.84 Å². The molecule has 2 aliphatic rings. The van der Waals surface area contributed by atoms with Crippen LogP contribution in [-0.2, 0) is 19.4 Å². The number of carbonyl (C=O) groups excluding carboxylic acids is 2. The first-order valence-electron chi connectivity index (χ1n) is 9.51. The molecule has 156 valence electrons. The van der Waals surface area contributed by atoms with Crippen LogP contribution in [0.3, 0.4) is 0 Å². The lowest BCUT2D eigenvalue weighted by Crippen LogP contribution is -2.40. The number of aryl methyl sites for hydroxylation is 1. The number of halogens is 1. The zero-order chi connectivity index (χ0) is 21.6. The van der Waals surface area contributed by atoms with Crippen molar-refractivity contribution in [2.45, 2.75) is 25.4 Å². The number of rotatable bonds is 3. The summed E-state index contributed by atoms with van der Waals surface area (Å²) in [6.07, 6.45) is 0.254. The molecule has 0 unspecified atom stereocenters. The number of benzene rings is 2. The lowest BCUT2D eigenvalue weighted by molar-refractivity contribution is -0.141. The zero-order valence-electron chi connectivity index (χ0n) is 16.2. The van der Waals surface area contributed by atoms with Gasteiger partial charge in [-0.15, -0.1) is 0 Å².